The highest BCUT2D eigenvalue weighted by atomic mass is 14.1. The highest BCUT2D eigenvalue weighted by Gasteiger charge is 2.00. The molecule has 0 aliphatic rings. The van der Waals surface area contributed by atoms with Crippen LogP contribution in [-0.2, 0) is 0 Å². The summed E-state index contributed by atoms with van der Waals surface area (Å²) in [5.74, 6) is 0. The fraction of sp³-hybridized carbons (Fsp3) is 0.765. The summed E-state index contributed by atoms with van der Waals surface area (Å²) in [7, 11) is 0. The van der Waals surface area contributed by atoms with Crippen LogP contribution in [0.3, 0.4) is 0 Å². The van der Waals surface area contributed by atoms with Crippen molar-refractivity contribution >= 4 is 0 Å². The third-order valence-corrected chi connectivity index (χ3v) is 3.35. The van der Waals surface area contributed by atoms with Crippen LogP contribution in [0.4, 0.5) is 0 Å². The number of hydrogen-bond donors (Lipinski definition) is 0. The predicted molar refractivity (Wildman–Crippen MR) is 80.4 cm³/mol. The lowest BCUT2D eigenvalue weighted by Crippen LogP contribution is -1.89. The third kappa shape index (κ3) is 9.21. The van der Waals surface area contributed by atoms with Crippen LogP contribution in [0.5, 0.6) is 0 Å². The van der Waals surface area contributed by atoms with E-state index in [4.69, 9.17) is 0 Å². The van der Waals surface area contributed by atoms with Crippen molar-refractivity contribution in [2.45, 2.75) is 85.0 Å². The van der Waals surface area contributed by atoms with Gasteiger partial charge in [0.05, 0.1) is 0 Å². The van der Waals surface area contributed by atoms with E-state index in [1.807, 2.05) is 0 Å². The van der Waals surface area contributed by atoms with Crippen molar-refractivity contribution in [1.29, 1.82) is 0 Å². The van der Waals surface area contributed by atoms with E-state index in [1.54, 1.807) is 0 Å². The Morgan fingerprint density at radius 3 is 2.12 bits per heavy atom. The van der Waals surface area contributed by atoms with Gasteiger partial charge in [0, 0.05) is 0 Å². The first kappa shape index (κ1) is 16.5. The minimum Gasteiger partial charge on any atom is -0.0956 e. The summed E-state index contributed by atoms with van der Waals surface area (Å²) in [5, 5.41) is 0. The molecule has 0 atom stereocenters. The normalized spacial score (nSPS) is 11.8. The SMILES string of the molecule is C=C(CCCCCCCC)/C(=C/CCC)CC. The summed E-state index contributed by atoms with van der Waals surface area (Å²) in [5.41, 5.74) is 2.89. The molecular weight excluding hydrogens is 204 g/mol. The fourth-order valence-electron chi connectivity index (χ4n) is 2.14. The first-order valence-corrected chi connectivity index (χ1v) is 7.63. The molecule has 0 amide bonds. The predicted octanol–water partition coefficient (Wildman–Crippen LogP) is 6.43. The highest BCUT2D eigenvalue weighted by Crippen LogP contribution is 2.20. The Kier molecular flexibility index (Phi) is 11.6. The van der Waals surface area contributed by atoms with Crippen molar-refractivity contribution in [2.24, 2.45) is 0 Å². The summed E-state index contributed by atoms with van der Waals surface area (Å²) in [4.78, 5) is 0. The molecule has 0 N–H and O–H groups in total. The average molecular weight is 236 g/mol. The van der Waals surface area contributed by atoms with Crippen LogP contribution in [0.1, 0.15) is 85.0 Å². The molecule has 0 bridgehead atoms. The van der Waals surface area contributed by atoms with Gasteiger partial charge in [-0.2, -0.15) is 0 Å². The maximum absolute atomic E-state index is 4.24. The topological polar surface area (TPSA) is 0 Å². The van der Waals surface area contributed by atoms with E-state index >= 15 is 0 Å². The molecular formula is C17H32. The molecule has 0 aromatic carbocycles. The van der Waals surface area contributed by atoms with Crippen LogP contribution in [0.15, 0.2) is 23.8 Å². The average Bonchev–Trinajstić information content (AvgIpc) is 2.34. The molecule has 0 nitrogen and oxygen atoms in total. The molecule has 0 radical (unpaired) electrons. The van der Waals surface area contributed by atoms with Crippen molar-refractivity contribution in [1.82, 2.24) is 0 Å². The van der Waals surface area contributed by atoms with Crippen molar-refractivity contribution in [3.8, 4) is 0 Å². The Morgan fingerprint density at radius 1 is 0.882 bits per heavy atom. The van der Waals surface area contributed by atoms with E-state index in [-0.39, 0.29) is 0 Å². The van der Waals surface area contributed by atoms with E-state index in [2.05, 4.69) is 33.4 Å². The van der Waals surface area contributed by atoms with Crippen molar-refractivity contribution in [3.63, 3.8) is 0 Å². The molecule has 0 aliphatic carbocycles. The van der Waals surface area contributed by atoms with Crippen LogP contribution in [-0.4, -0.2) is 0 Å². The summed E-state index contributed by atoms with van der Waals surface area (Å²) < 4.78 is 0. The van der Waals surface area contributed by atoms with E-state index in [1.165, 1.54) is 68.9 Å². The Hall–Kier alpha value is -0.520. The summed E-state index contributed by atoms with van der Waals surface area (Å²) in [6.07, 6.45) is 15.5. The maximum atomic E-state index is 4.24. The standard InChI is InChI=1S/C17H32/c1-5-8-10-11-12-13-14-16(4)17(7-3)15-9-6-2/h15H,4-14H2,1-3H3/b17-15+. The van der Waals surface area contributed by atoms with Gasteiger partial charge in [-0.25, -0.2) is 0 Å². The van der Waals surface area contributed by atoms with Gasteiger partial charge < -0.3 is 0 Å². The molecule has 0 rings (SSSR count). The largest absolute Gasteiger partial charge is 0.0956 e. The molecule has 17 heavy (non-hydrogen) atoms. The number of unbranched alkanes of at least 4 members (excludes halogenated alkanes) is 6. The molecule has 100 valence electrons. The maximum Gasteiger partial charge on any atom is -0.0282 e. The first-order chi connectivity index (χ1) is 8.26. The van der Waals surface area contributed by atoms with Gasteiger partial charge in [0.15, 0.2) is 0 Å². The fourth-order valence-corrected chi connectivity index (χ4v) is 2.14. The Morgan fingerprint density at radius 2 is 1.53 bits per heavy atom. The van der Waals surface area contributed by atoms with Crippen LogP contribution in [0, 0.1) is 0 Å². The second kappa shape index (κ2) is 12.0. The monoisotopic (exact) mass is 236 g/mol. The minimum atomic E-state index is 1.15. The molecule has 0 aliphatic heterocycles. The molecule has 0 saturated carbocycles. The number of hydrogen-bond acceptors (Lipinski definition) is 0. The van der Waals surface area contributed by atoms with E-state index in [0.29, 0.717) is 0 Å². The van der Waals surface area contributed by atoms with Gasteiger partial charge in [-0.3, -0.25) is 0 Å². The molecule has 0 heterocycles. The lowest BCUT2D eigenvalue weighted by Gasteiger charge is -2.09. The highest BCUT2D eigenvalue weighted by molar-refractivity contribution is 5.27. The molecule has 0 fully saturated rings. The zero-order valence-corrected chi connectivity index (χ0v) is 12.4. The smallest absolute Gasteiger partial charge is 0.0282 e. The molecule has 0 saturated heterocycles. The van der Waals surface area contributed by atoms with Crippen LogP contribution < -0.4 is 0 Å². The molecule has 0 aromatic rings. The van der Waals surface area contributed by atoms with E-state index in [9.17, 15) is 0 Å². The molecule has 0 aromatic heterocycles. The number of allylic oxidation sites excluding steroid dienone is 3. The number of rotatable bonds is 11. The van der Waals surface area contributed by atoms with Gasteiger partial charge in [0.1, 0.15) is 0 Å². The second-order valence-electron chi connectivity index (χ2n) is 4.99. The van der Waals surface area contributed by atoms with Gasteiger partial charge >= 0.3 is 0 Å². The van der Waals surface area contributed by atoms with Gasteiger partial charge in [-0.15, -0.1) is 0 Å². The third-order valence-electron chi connectivity index (χ3n) is 3.35. The Labute approximate surface area is 109 Å². The summed E-state index contributed by atoms with van der Waals surface area (Å²) in [6.45, 7) is 11.0. The van der Waals surface area contributed by atoms with E-state index < -0.39 is 0 Å². The van der Waals surface area contributed by atoms with Crippen molar-refractivity contribution in [3.05, 3.63) is 23.8 Å². The van der Waals surface area contributed by atoms with Gasteiger partial charge in [-0.05, 0) is 31.3 Å². The quantitative estimate of drug-likeness (QED) is 0.286. The van der Waals surface area contributed by atoms with Crippen LogP contribution >= 0.6 is 0 Å². The first-order valence-electron chi connectivity index (χ1n) is 7.63. The van der Waals surface area contributed by atoms with Gasteiger partial charge in [-0.1, -0.05) is 77.5 Å². The summed E-state index contributed by atoms with van der Waals surface area (Å²) in [6, 6.07) is 0. The molecule has 0 unspecified atom stereocenters. The van der Waals surface area contributed by atoms with Crippen molar-refractivity contribution in [2.75, 3.05) is 0 Å². The van der Waals surface area contributed by atoms with Crippen molar-refractivity contribution < 1.29 is 0 Å². The molecule has 0 heteroatoms. The van der Waals surface area contributed by atoms with Gasteiger partial charge in [0.2, 0.25) is 0 Å². The van der Waals surface area contributed by atoms with E-state index in [0.717, 1.165) is 6.42 Å². The minimum absolute atomic E-state index is 1.15. The zero-order chi connectivity index (χ0) is 12.9. The lowest BCUT2D eigenvalue weighted by molar-refractivity contribution is 0.607. The van der Waals surface area contributed by atoms with Crippen LogP contribution in [0.2, 0.25) is 0 Å². The van der Waals surface area contributed by atoms with Gasteiger partial charge in [0.25, 0.3) is 0 Å². The van der Waals surface area contributed by atoms with Crippen LogP contribution in [0.25, 0.3) is 0 Å². The Bertz CT molecular complexity index is 210. The summed E-state index contributed by atoms with van der Waals surface area (Å²) >= 11 is 0. The molecule has 0 spiro atoms. The lowest BCUT2D eigenvalue weighted by atomic mass is 9.97. The second-order valence-corrected chi connectivity index (χ2v) is 4.99. The Balaban J connectivity index is 3.68. The zero-order valence-electron chi connectivity index (χ0n) is 12.4.